The third-order valence-electron chi connectivity index (χ3n) is 1.57. The second-order valence-corrected chi connectivity index (χ2v) is 2.43. The molecule has 0 aliphatic carbocycles. The zero-order chi connectivity index (χ0) is 9.40. The van der Waals surface area contributed by atoms with E-state index in [1.54, 1.807) is 14.2 Å². The number of nitrogens with zero attached hydrogens (tertiary/aromatic N) is 1. The maximum atomic E-state index is 5.65. The third-order valence-corrected chi connectivity index (χ3v) is 1.57. The monoisotopic (exact) mass is 174 g/mol. The maximum absolute atomic E-state index is 5.65. The van der Waals surface area contributed by atoms with E-state index in [9.17, 15) is 0 Å². The van der Waals surface area contributed by atoms with Gasteiger partial charge in [-0.2, -0.15) is 0 Å². The van der Waals surface area contributed by atoms with E-state index in [2.05, 4.69) is 4.99 Å². The second-order valence-electron chi connectivity index (χ2n) is 2.43. The number of rotatable bonds is 6. The van der Waals surface area contributed by atoms with Crippen molar-refractivity contribution in [2.45, 2.75) is 19.4 Å². The van der Waals surface area contributed by atoms with Crippen molar-refractivity contribution in [3.05, 3.63) is 0 Å². The van der Waals surface area contributed by atoms with Gasteiger partial charge in [0.2, 0.25) is 0 Å². The molecule has 0 heterocycles. The molecule has 12 heavy (non-hydrogen) atoms. The molecule has 0 bridgehead atoms. The van der Waals surface area contributed by atoms with E-state index in [0.29, 0.717) is 19.0 Å². The molecule has 1 atom stereocenters. The fourth-order valence-electron chi connectivity index (χ4n) is 0.864. The minimum Gasteiger partial charge on any atom is -0.385 e. The highest BCUT2D eigenvalue weighted by Crippen LogP contribution is 1.95. The van der Waals surface area contributed by atoms with Crippen molar-refractivity contribution in [3.63, 3.8) is 0 Å². The number of aliphatic imine (C=N–C) groups is 1. The maximum Gasteiger partial charge on any atom is 0.123 e. The Hall–Kier alpha value is -0.610. The number of hydrogen-bond donors (Lipinski definition) is 1. The first-order valence-corrected chi connectivity index (χ1v) is 4.07. The van der Waals surface area contributed by atoms with Gasteiger partial charge >= 0.3 is 0 Å². The van der Waals surface area contributed by atoms with Crippen molar-refractivity contribution in [1.82, 2.24) is 0 Å². The van der Waals surface area contributed by atoms with Gasteiger partial charge in [0, 0.05) is 14.2 Å². The summed E-state index contributed by atoms with van der Waals surface area (Å²) in [5.41, 5.74) is 5.65. The molecule has 0 aromatic rings. The Bertz CT molecular complexity index is 133. The smallest absolute Gasteiger partial charge is 0.123 e. The SMILES string of the molecule is CCC(OC)C(N)=NCCOC. The summed E-state index contributed by atoms with van der Waals surface area (Å²) in [7, 11) is 3.27. The van der Waals surface area contributed by atoms with Crippen LogP contribution in [0.3, 0.4) is 0 Å². The Kier molecular flexibility index (Phi) is 6.70. The Morgan fingerprint density at radius 2 is 2.17 bits per heavy atom. The topological polar surface area (TPSA) is 56.8 Å². The van der Waals surface area contributed by atoms with Crippen LogP contribution in [0.15, 0.2) is 4.99 Å². The van der Waals surface area contributed by atoms with Crippen molar-refractivity contribution in [3.8, 4) is 0 Å². The van der Waals surface area contributed by atoms with Gasteiger partial charge in [-0.25, -0.2) is 0 Å². The largest absolute Gasteiger partial charge is 0.385 e. The summed E-state index contributed by atoms with van der Waals surface area (Å²) >= 11 is 0. The number of ether oxygens (including phenoxy) is 2. The van der Waals surface area contributed by atoms with Crippen molar-refractivity contribution >= 4 is 5.84 Å². The fraction of sp³-hybridized carbons (Fsp3) is 0.875. The Labute approximate surface area is 73.8 Å². The van der Waals surface area contributed by atoms with Gasteiger partial charge in [-0.05, 0) is 6.42 Å². The summed E-state index contributed by atoms with van der Waals surface area (Å²) in [6.45, 7) is 3.20. The van der Waals surface area contributed by atoms with E-state index in [0.717, 1.165) is 6.42 Å². The minimum atomic E-state index is -0.0538. The molecule has 0 rings (SSSR count). The van der Waals surface area contributed by atoms with Crippen LogP contribution >= 0.6 is 0 Å². The van der Waals surface area contributed by atoms with E-state index in [1.807, 2.05) is 6.92 Å². The van der Waals surface area contributed by atoms with Crippen LogP contribution in [0.25, 0.3) is 0 Å². The first-order chi connectivity index (χ1) is 5.76. The van der Waals surface area contributed by atoms with E-state index in [-0.39, 0.29) is 6.10 Å². The highest BCUT2D eigenvalue weighted by molar-refractivity contribution is 5.84. The quantitative estimate of drug-likeness (QED) is 0.360. The Morgan fingerprint density at radius 1 is 1.50 bits per heavy atom. The fourth-order valence-corrected chi connectivity index (χ4v) is 0.864. The van der Waals surface area contributed by atoms with Crippen LogP contribution in [0.2, 0.25) is 0 Å². The first kappa shape index (κ1) is 11.4. The van der Waals surface area contributed by atoms with Crippen molar-refractivity contribution < 1.29 is 9.47 Å². The van der Waals surface area contributed by atoms with Gasteiger partial charge in [-0.1, -0.05) is 6.92 Å². The summed E-state index contributed by atoms with van der Waals surface area (Å²) in [5, 5.41) is 0. The summed E-state index contributed by atoms with van der Waals surface area (Å²) < 4.78 is 9.93. The van der Waals surface area contributed by atoms with Crippen LogP contribution in [0, 0.1) is 0 Å². The molecule has 0 aliphatic heterocycles. The molecule has 0 aromatic heterocycles. The summed E-state index contributed by atoms with van der Waals surface area (Å²) in [6, 6.07) is 0. The van der Waals surface area contributed by atoms with Crippen LogP contribution < -0.4 is 5.73 Å². The molecule has 4 heteroatoms. The summed E-state index contributed by atoms with van der Waals surface area (Å²) in [5.74, 6) is 0.553. The predicted molar refractivity (Wildman–Crippen MR) is 49.5 cm³/mol. The number of methoxy groups -OCH3 is 2. The van der Waals surface area contributed by atoms with E-state index in [1.165, 1.54) is 0 Å². The van der Waals surface area contributed by atoms with Crippen LogP contribution in [0.4, 0.5) is 0 Å². The molecule has 1 unspecified atom stereocenters. The van der Waals surface area contributed by atoms with Gasteiger partial charge in [0.15, 0.2) is 0 Å². The number of hydrogen-bond acceptors (Lipinski definition) is 3. The molecule has 0 fully saturated rings. The van der Waals surface area contributed by atoms with Crippen LogP contribution in [-0.4, -0.2) is 39.3 Å². The average molecular weight is 174 g/mol. The second kappa shape index (κ2) is 7.06. The van der Waals surface area contributed by atoms with E-state index < -0.39 is 0 Å². The molecular weight excluding hydrogens is 156 g/mol. The lowest BCUT2D eigenvalue weighted by atomic mass is 10.2. The minimum absolute atomic E-state index is 0.0538. The van der Waals surface area contributed by atoms with Crippen LogP contribution in [0.5, 0.6) is 0 Å². The van der Waals surface area contributed by atoms with Crippen molar-refractivity contribution in [2.24, 2.45) is 10.7 Å². The Morgan fingerprint density at radius 3 is 2.58 bits per heavy atom. The van der Waals surface area contributed by atoms with Crippen molar-refractivity contribution in [2.75, 3.05) is 27.4 Å². The molecule has 0 amide bonds. The van der Waals surface area contributed by atoms with Crippen LogP contribution in [-0.2, 0) is 9.47 Å². The van der Waals surface area contributed by atoms with Gasteiger partial charge in [0.05, 0.1) is 13.2 Å². The molecular formula is C8H18N2O2. The first-order valence-electron chi connectivity index (χ1n) is 4.07. The zero-order valence-corrected chi connectivity index (χ0v) is 8.04. The number of nitrogens with two attached hydrogens (primary N) is 1. The van der Waals surface area contributed by atoms with Crippen molar-refractivity contribution in [1.29, 1.82) is 0 Å². The van der Waals surface area contributed by atoms with E-state index in [4.69, 9.17) is 15.2 Å². The molecule has 0 spiro atoms. The Balaban J connectivity index is 3.79. The lowest BCUT2D eigenvalue weighted by molar-refractivity contribution is 0.151. The summed E-state index contributed by atoms with van der Waals surface area (Å²) in [4.78, 5) is 4.10. The van der Waals surface area contributed by atoms with Gasteiger partial charge in [0.1, 0.15) is 11.9 Å². The normalized spacial score (nSPS) is 14.8. The van der Waals surface area contributed by atoms with Gasteiger partial charge in [-0.15, -0.1) is 0 Å². The van der Waals surface area contributed by atoms with Gasteiger partial charge in [0.25, 0.3) is 0 Å². The molecule has 0 aromatic carbocycles. The standard InChI is InChI=1S/C8H18N2O2/c1-4-7(12-3)8(9)10-5-6-11-2/h7H,4-6H2,1-3H3,(H2,9,10). The molecule has 0 saturated heterocycles. The number of amidine groups is 1. The average Bonchev–Trinajstić information content (AvgIpc) is 2.07. The highest BCUT2D eigenvalue weighted by Gasteiger charge is 2.07. The highest BCUT2D eigenvalue weighted by atomic mass is 16.5. The zero-order valence-electron chi connectivity index (χ0n) is 8.04. The van der Waals surface area contributed by atoms with E-state index >= 15 is 0 Å². The molecule has 0 saturated carbocycles. The third kappa shape index (κ3) is 4.31. The lowest BCUT2D eigenvalue weighted by Gasteiger charge is -2.11. The molecule has 0 aliphatic rings. The molecule has 4 nitrogen and oxygen atoms in total. The molecule has 72 valence electrons. The molecule has 0 radical (unpaired) electrons. The molecule has 2 N–H and O–H groups in total. The van der Waals surface area contributed by atoms with Gasteiger partial charge in [-0.3, -0.25) is 4.99 Å². The predicted octanol–water partition coefficient (Wildman–Crippen LogP) is 0.415. The lowest BCUT2D eigenvalue weighted by Crippen LogP contribution is -2.30. The van der Waals surface area contributed by atoms with Crippen LogP contribution in [0.1, 0.15) is 13.3 Å². The van der Waals surface area contributed by atoms with Gasteiger partial charge < -0.3 is 15.2 Å². The summed E-state index contributed by atoms with van der Waals surface area (Å²) in [6.07, 6.45) is 0.792.